The van der Waals surface area contributed by atoms with E-state index in [1.807, 2.05) is 0 Å². The molecule has 0 aliphatic carbocycles. The standard InChI is InChI=1S/C18H15ClFN3O4/c1-26-15-8-14-11(7-16(15)27-5-4-17(24)25)18(22-9-21-14)23-10-2-3-13(20)12(19)6-10/h2-3,6-9H,4-5H2,1H3,(H,24,25)(H,21,22,23). The average molecular weight is 392 g/mol. The number of anilines is 2. The maximum absolute atomic E-state index is 13.3. The Kier molecular flexibility index (Phi) is 5.56. The molecule has 0 amide bonds. The fourth-order valence-electron chi connectivity index (χ4n) is 2.39. The van der Waals surface area contributed by atoms with Gasteiger partial charge in [-0.05, 0) is 24.3 Å². The molecule has 3 aromatic rings. The largest absolute Gasteiger partial charge is 0.493 e. The van der Waals surface area contributed by atoms with Gasteiger partial charge in [-0.1, -0.05) is 11.6 Å². The fraction of sp³-hybridized carbons (Fsp3) is 0.167. The van der Waals surface area contributed by atoms with E-state index in [0.29, 0.717) is 33.9 Å². The van der Waals surface area contributed by atoms with E-state index in [1.165, 1.54) is 31.6 Å². The molecule has 0 saturated heterocycles. The molecule has 1 aromatic heterocycles. The molecule has 0 fully saturated rings. The first-order valence-corrected chi connectivity index (χ1v) is 8.25. The number of carboxylic acid groups (broad SMARTS) is 1. The molecule has 0 spiro atoms. The Morgan fingerprint density at radius 1 is 1.26 bits per heavy atom. The number of rotatable bonds is 7. The number of fused-ring (bicyclic) bond motifs is 1. The number of carbonyl (C=O) groups is 1. The number of carboxylic acids is 1. The summed E-state index contributed by atoms with van der Waals surface area (Å²) in [6, 6.07) is 7.54. The second kappa shape index (κ2) is 8.05. The van der Waals surface area contributed by atoms with E-state index in [0.717, 1.165) is 0 Å². The minimum absolute atomic E-state index is 0.0127. The molecular weight excluding hydrogens is 377 g/mol. The molecule has 140 valence electrons. The Hall–Kier alpha value is -3.13. The van der Waals surface area contributed by atoms with Crippen LogP contribution in [0, 0.1) is 5.82 Å². The van der Waals surface area contributed by atoms with Crippen molar-refractivity contribution in [3.63, 3.8) is 0 Å². The van der Waals surface area contributed by atoms with Crippen molar-refractivity contribution in [2.75, 3.05) is 19.0 Å². The number of aliphatic carboxylic acids is 1. The molecule has 3 rings (SSSR count). The summed E-state index contributed by atoms with van der Waals surface area (Å²) in [6.07, 6.45) is 1.23. The lowest BCUT2D eigenvalue weighted by molar-refractivity contribution is -0.137. The number of methoxy groups -OCH3 is 1. The van der Waals surface area contributed by atoms with Crippen LogP contribution in [0.25, 0.3) is 10.9 Å². The molecular formula is C18H15ClFN3O4. The summed E-state index contributed by atoms with van der Waals surface area (Å²) in [5.74, 6) is -0.251. The lowest BCUT2D eigenvalue weighted by atomic mass is 10.2. The predicted molar refractivity (Wildman–Crippen MR) is 98.5 cm³/mol. The van der Waals surface area contributed by atoms with Crippen molar-refractivity contribution in [2.24, 2.45) is 0 Å². The third-order valence-electron chi connectivity index (χ3n) is 3.68. The number of hydrogen-bond acceptors (Lipinski definition) is 6. The summed E-state index contributed by atoms with van der Waals surface area (Å²) >= 11 is 5.81. The summed E-state index contributed by atoms with van der Waals surface area (Å²) in [5.41, 5.74) is 1.13. The summed E-state index contributed by atoms with van der Waals surface area (Å²) < 4.78 is 24.2. The highest BCUT2D eigenvalue weighted by Crippen LogP contribution is 2.35. The minimum Gasteiger partial charge on any atom is -0.493 e. The fourth-order valence-corrected chi connectivity index (χ4v) is 2.58. The molecule has 0 atom stereocenters. The maximum atomic E-state index is 13.3. The van der Waals surface area contributed by atoms with Crippen molar-refractivity contribution < 1.29 is 23.8 Å². The van der Waals surface area contributed by atoms with Crippen molar-refractivity contribution in [1.29, 1.82) is 0 Å². The van der Waals surface area contributed by atoms with Crippen molar-refractivity contribution in [3.05, 3.63) is 47.5 Å². The third-order valence-corrected chi connectivity index (χ3v) is 3.97. The number of nitrogens with one attached hydrogen (secondary N) is 1. The molecule has 1 heterocycles. The van der Waals surface area contributed by atoms with E-state index in [1.54, 1.807) is 12.1 Å². The molecule has 0 aliphatic rings. The van der Waals surface area contributed by atoms with Gasteiger partial charge in [0.15, 0.2) is 11.5 Å². The molecule has 0 bridgehead atoms. The highest BCUT2D eigenvalue weighted by molar-refractivity contribution is 6.31. The molecule has 2 N–H and O–H groups in total. The zero-order valence-corrected chi connectivity index (χ0v) is 15.0. The van der Waals surface area contributed by atoms with Crippen LogP contribution in [0.15, 0.2) is 36.7 Å². The van der Waals surface area contributed by atoms with Crippen LogP contribution >= 0.6 is 11.6 Å². The zero-order valence-electron chi connectivity index (χ0n) is 14.2. The quantitative estimate of drug-likeness (QED) is 0.628. The molecule has 2 aromatic carbocycles. The highest BCUT2D eigenvalue weighted by atomic mass is 35.5. The first-order valence-electron chi connectivity index (χ1n) is 7.87. The number of ether oxygens (including phenoxy) is 2. The maximum Gasteiger partial charge on any atom is 0.306 e. The van der Waals surface area contributed by atoms with Gasteiger partial charge in [-0.15, -0.1) is 0 Å². The first-order chi connectivity index (χ1) is 13.0. The zero-order chi connectivity index (χ0) is 19.4. The summed E-state index contributed by atoms with van der Waals surface area (Å²) in [6.45, 7) is -0.0127. The Labute approximate surface area is 158 Å². The lowest BCUT2D eigenvalue weighted by Crippen LogP contribution is -2.06. The normalized spacial score (nSPS) is 10.6. The van der Waals surface area contributed by atoms with Gasteiger partial charge in [-0.25, -0.2) is 14.4 Å². The minimum atomic E-state index is -0.964. The Balaban J connectivity index is 1.97. The number of hydrogen-bond donors (Lipinski definition) is 2. The molecule has 0 aliphatic heterocycles. The average Bonchev–Trinajstić information content (AvgIpc) is 2.64. The smallest absolute Gasteiger partial charge is 0.306 e. The van der Waals surface area contributed by atoms with Crippen LogP contribution in [0.3, 0.4) is 0 Å². The number of benzene rings is 2. The van der Waals surface area contributed by atoms with Gasteiger partial charge in [0.2, 0.25) is 0 Å². The van der Waals surface area contributed by atoms with E-state index in [4.69, 9.17) is 26.2 Å². The number of nitrogens with zero attached hydrogens (tertiary/aromatic N) is 2. The van der Waals surface area contributed by atoms with Crippen LogP contribution in [0.4, 0.5) is 15.9 Å². The third kappa shape index (κ3) is 4.35. The van der Waals surface area contributed by atoms with Crippen LogP contribution in [-0.4, -0.2) is 34.8 Å². The molecule has 27 heavy (non-hydrogen) atoms. The summed E-state index contributed by atoms with van der Waals surface area (Å²) in [7, 11) is 1.48. The second-order valence-corrected chi connectivity index (χ2v) is 5.90. The number of aromatic nitrogens is 2. The van der Waals surface area contributed by atoms with E-state index in [9.17, 15) is 9.18 Å². The Morgan fingerprint density at radius 3 is 2.78 bits per heavy atom. The van der Waals surface area contributed by atoms with E-state index in [-0.39, 0.29) is 18.1 Å². The highest BCUT2D eigenvalue weighted by Gasteiger charge is 2.13. The van der Waals surface area contributed by atoms with Gasteiger partial charge < -0.3 is 19.9 Å². The Bertz CT molecular complexity index is 1000. The van der Waals surface area contributed by atoms with Crippen LogP contribution in [-0.2, 0) is 4.79 Å². The van der Waals surface area contributed by atoms with E-state index in [2.05, 4.69) is 15.3 Å². The van der Waals surface area contributed by atoms with Crippen LogP contribution in [0.5, 0.6) is 11.5 Å². The monoisotopic (exact) mass is 391 g/mol. The molecule has 0 unspecified atom stereocenters. The second-order valence-electron chi connectivity index (χ2n) is 5.49. The lowest BCUT2D eigenvalue weighted by Gasteiger charge is -2.13. The van der Waals surface area contributed by atoms with Crippen molar-refractivity contribution in [2.45, 2.75) is 6.42 Å². The van der Waals surface area contributed by atoms with E-state index < -0.39 is 11.8 Å². The van der Waals surface area contributed by atoms with Crippen molar-refractivity contribution in [1.82, 2.24) is 9.97 Å². The van der Waals surface area contributed by atoms with E-state index >= 15 is 0 Å². The van der Waals surface area contributed by atoms with Crippen molar-refractivity contribution in [3.8, 4) is 11.5 Å². The molecule has 7 nitrogen and oxygen atoms in total. The van der Waals surface area contributed by atoms with Gasteiger partial charge in [0.1, 0.15) is 18.0 Å². The van der Waals surface area contributed by atoms with Gasteiger partial charge in [0.25, 0.3) is 0 Å². The summed E-state index contributed by atoms with van der Waals surface area (Å²) in [5, 5.41) is 12.4. The first kappa shape index (κ1) is 18.7. The van der Waals surface area contributed by atoms with Gasteiger partial charge >= 0.3 is 5.97 Å². The van der Waals surface area contributed by atoms with Crippen LogP contribution < -0.4 is 14.8 Å². The van der Waals surface area contributed by atoms with Crippen molar-refractivity contribution >= 4 is 40.0 Å². The van der Waals surface area contributed by atoms with Gasteiger partial charge in [0, 0.05) is 17.1 Å². The van der Waals surface area contributed by atoms with Crippen LogP contribution in [0.2, 0.25) is 5.02 Å². The summed E-state index contributed by atoms with van der Waals surface area (Å²) in [4.78, 5) is 19.1. The Morgan fingerprint density at radius 2 is 2.07 bits per heavy atom. The SMILES string of the molecule is COc1cc2ncnc(Nc3ccc(F)c(Cl)c3)c2cc1OCCC(=O)O. The predicted octanol–water partition coefficient (Wildman–Crippen LogP) is 4.03. The molecule has 0 saturated carbocycles. The van der Waals surface area contributed by atoms with Gasteiger partial charge in [-0.2, -0.15) is 0 Å². The molecule has 0 radical (unpaired) electrons. The number of halogens is 2. The topological polar surface area (TPSA) is 93.6 Å². The van der Waals surface area contributed by atoms with Gasteiger partial charge in [0.05, 0.1) is 30.7 Å². The molecule has 9 heteroatoms. The van der Waals surface area contributed by atoms with Gasteiger partial charge in [-0.3, -0.25) is 4.79 Å². The van der Waals surface area contributed by atoms with Crippen LogP contribution in [0.1, 0.15) is 6.42 Å².